The molecule has 1 aliphatic rings. The van der Waals surface area contributed by atoms with E-state index in [0.29, 0.717) is 22.9 Å². The summed E-state index contributed by atoms with van der Waals surface area (Å²) in [5, 5.41) is 3.06. The van der Waals surface area contributed by atoms with Gasteiger partial charge in [0, 0.05) is 49.7 Å². The van der Waals surface area contributed by atoms with Crippen molar-refractivity contribution in [3.63, 3.8) is 0 Å². The highest BCUT2D eigenvalue weighted by Crippen LogP contribution is 2.25. The van der Waals surface area contributed by atoms with Crippen LogP contribution in [0.4, 0.5) is 16.2 Å². The highest BCUT2D eigenvalue weighted by molar-refractivity contribution is 7.92. The van der Waals surface area contributed by atoms with E-state index in [1.54, 1.807) is 31.4 Å². The number of likely N-dealkylation sites (tertiary alicyclic amines) is 1. The van der Waals surface area contributed by atoms with E-state index in [-0.39, 0.29) is 12.1 Å². The van der Waals surface area contributed by atoms with Crippen LogP contribution in [0.5, 0.6) is 17.2 Å². The molecule has 1 aliphatic heterocycles. The maximum atomic E-state index is 13.2. The molecule has 1 heterocycles. The van der Waals surface area contributed by atoms with Gasteiger partial charge in [-0.2, -0.15) is 0 Å². The Morgan fingerprint density at radius 2 is 1.61 bits per heavy atom. The molecule has 0 radical (unpaired) electrons. The smallest absolute Gasteiger partial charge is 0.322 e. The van der Waals surface area contributed by atoms with E-state index in [4.69, 9.17) is 9.47 Å². The number of carbonyl (C=O) groups is 1. The number of amides is 2. The number of urea groups is 1. The summed E-state index contributed by atoms with van der Waals surface area (Å²) in [7, 11) is -1.69. The molecule has 3 aromatic carbocycles. The number of carbonyl (C=O) groups excluding carboxylic acids is 1. The fourth-order valence-corrected chi connectivity index (χ4v) is 5.49. The Kier molecular flexibility index (Phi) is 10.5. The molecule has 0 bridgehead atoms. The molecule has 0 aromatic heterocycles. The molecule has 2 amide bonds. The number of hydrogen-bond donors (Lipinski definition) is 2. The summed E-state index contributed by atoms with van der Waals surface area (Å²) in [5.41, 5.74) is 2.42. The number of methoxy groups -OCH3 is 1. The standard InChI is InChI=1S/C31H40N4O5S/c1-4-5-19-35(31(36)32-26-7-6-8-30(22-26)39-2)27-17-20-34(21-18-27)23-24-9-13-28(14-10-24)40-29-15-11-25(12-16-29)33-41(3,37)38/h6-16,22,27,33H,4-5,17-21,23H2,1-3H3,(H,32,36). The number of benzene rings is 3. The molecular formula is C31H40N4O5S. The molecule has 1 saturated heterocycles. The van der Waals surface area contributed by atoms with E-state index in [1.807, 2.05) is 41.3 Å². The molecule has 41 heavy (non-hydrogen) atoms. The summed E-state index contributed by atoms with van der Waals surface area (Å²) in [5.74, 6) is 2.06. The van der Waals surface area contributed by atoms with Gasteiger partial charge in [0.2, 0.25) is 10.0 Å². The highest BCUT2D eigenvalue weighted by Gasteiger charge is 2.28. The van der Waals surface area contributed by atoms with Crippen LogP contribution < -0.4 is 19.5 Å². The zero-order chi connectivity index (χ0) is 29.2. The first-order chi connectivity index (χ1) is 19.7. The molecule has 1 fully saturated rings. The second-order valence-corrected chi connectivity index (χ2v) is 12.1. The molecule has 0 spiro atoms. The Morgan fingerprint density at radius 3 is 2.22 bits per heavy atom. The summed E-state index contributed by atoms with van der Waals surface area (Å²) >= 11 is 0. The van der Waals surface area contributed by atoms with Crippen LogP contribution >= 0.6 is 0 Å². The van der Waals surface area contributed by atoms with Crippen molar-refractivity contribution in [3.8, 4) is 17.2 Å². The van der Waals surface area contributed by atoms with E-state index < -0.39 is 10.0 Å². The molecule has 9 nitrogen and oxygen atoms in total. The van der Waals surface area contributed by atoms with Crippen molar-refractivity contribution in [3.05, 3.63) is 78.4 Å². The molecule has 2 N–H and O–H groups in total. The van der Waals surface area contributed by atoms with E-state index in [9.17, 15) is 13.2 Å². The predicted molar refractivity (Wildman–Crippen MR) is 163 cm³/mol. The van der Waals surface area contributed by atoms with Gasteiger partial charge in [0.25, 0.3) is 0 Å². The quantitative estimate of drug-likeness (QED) is 0.266. The van der Waals surface area contributed by atoms with Crippen LogP contribution in [0, 0.1) is 0 Å². The molecule has 3 aromatic rings. The Bertz CT molecular complexity index is 1370. The largest absolute Gasteiger partial charge is 0.497 e. The number of nitrogens with one attached hydrogen (secondary N) is 2. The van der Waals surface area contributed by atoms with Gasteiger partial charge < -0.3 is 19.7 Å². The SMILES string of the molecule is CCCCN(C(=O)Nc1cccc(OC)c1)C1CCN(Cc2ccc(Oc3ccc(NS(C)(=O)=O)cc3)cc2)CC1. The summed E-state index contributed by atoms with van der Waals surface area (Å²) in [6, 6.07) is 22.4. The number of ether oxygens (including phenoxy) is 2. The van der Waals surface area contributed by atoms with E-state index in [2.05, 4.69) is 34.0 Å². The van der Waals surface area contributed by atoms with Crippen LogP contribution in [-0.2, 0) is 16.6 Å². The van der Waals surface area contributed by atoms with Crippen molar-refractivity contribution in [1.82, 2.24) is 9.80 Å². The fourth-order valence-electron chi connectivity index (χ4n) is 4.93. The maximum absolute atomic E-state index is 13.2. The molecular weight excluding hydrogens is 540 g/mol. The zero-order valence-electron chi connectivity index (χ0n) is 24.0. The van der Waals surface area contributed by atoms with Crippen molar-refractivity contribution >= 4 is 27.4 Å². The highest BCUT2D eigenvalue weighted by atomic mass is 32.2. The number of anilines is 2. The van der Waals surface area contributed by atoms with Crippen LogP contribution in [0.25, 0.3) is 0 Å². The lowest BCUT2D eigenvalue weighted by molar-refractivity contribution is 0.122. The van der Waals surface area contributed by atoms with Gasteiger partial charge in [0.15, 0.2) is 0 Å². The lowest BCUT2D eigenvalue weighted by atomic mass is 10.0. The predicted octanol–water partition coefficient (Wildman–Crippen LogP) is 6.16. The van der Waals surface area contributed by atoms with Crippen molar-refractivity contribution in [2.24, 2.45) is 0 Å². The first-order valence-electron chi connectivity index (χ1n) is 14.0. The third-order valence-corrected chi connectivity index (χ3v) is 7.66. The normalized spacial score (nSPS) is 14.3. The van der Waals surface area contributed by atoms with Crippen LogP contribution in [0.3, 0.4) is 0 Å². The minimum atomic E-state index is -3.31. The lowest BCUT2D eigenvalue weighted by Gasteiger charge is -2.38. The molecule has 220 valence electrons. The number of sulfonamides is 1. The minimum Gasteiger partial charge on any atom is -0.497 e. The van der Waals surface area contributed by atoms with Crippen molar-refractivity contribution in [2.45, 2.75) is 45.2 Å². The first-order valence-corrected chi connectivity index (χ1v) is 15.9. The van der Waals surface area contributed by atoms with Crippen molar-refractivity contribution in [1.29, 1.82) is 0 Å². The minimum absolute atomic E-state index is 0.0537. The molecule has 0 saturated carbocycles. The van der Waals surface area contributed by atoms with Gasteiger partial charge in [-0.05, 0) is 73.4 Å². The first kappa shape index (κ1) is 30.2. The van der Waals surface area contributed by atoms with E-state index >= 15 is 0 Å². The third-order valence-electron chi connectivity index (χ3n) is 7.06. The second kappa shape index (κ2) is 14.2. The Morgan fingerprint density at radius 1 is 0.951 bits per heavy atom. The van der Waals surface area contributed by atoms with E-state index in [0.717, 1.165) is 63.8 Å². The molecule has 10 heteroatoms. The van der Waals surface area contributed by atoms with Gasteiger partial charge in [0.05, 0.1) is 13.4 Å². The van der Waals surface area contributed by atoms with Gasteiger partial charge in [0.1, 0.15) is 17.2 Å². The monoisotopic (exact) mass is 580 g/mol. The van der Waals surface area contributed by atoms with Gasteiger partial charge in [-0.25, -0.2) is 13.2 Å². The second-order valence-electron chi connectivity index (χ2n) is 10.4. The average molecular weight is 581 g/mol. The third kappa shape index (κ3) is 9.40. The number of piperidine rings is 1. The van der Waals surface area contributed by atoms with Crippen LogP contribution in [-0.4, -0.2) is 63.3 Å². The topological polar surface area (TPSA) is 100 Å². The van der Waals surface area contributed by atoms with E-state index in [1.165, 1.54) is 5.56 Å². The summed E-state index contributed by atoms with van der Waals surface area (Å²) in [4.78, 5) is 17.7. The Hall–Kier alpha value is -3.76. The van der Waals surface area contributed by atoms with Crippen molar-refractivity contribution < 1.29 is 22.7 Å². The Balaban J connectivity index is 1.28. The summed E-state index contributed by atoms with van der Waals surface area (Å²) in [6.45, 7) is 5.57. The number of hydrogen-bond acceptors (Lipinski definition) is 6. The summed E-state index contributed by atoms with van der Waals surface area (Å²) < 4.78 is 36.4. The van der Waals surface area contributed by atoms with Gasteiger partial charge >= 0.3 is 6.03 Å². The Labute approximate surface area is 243 Å². The van der Waals surface area contributed by atoms with Gasteiger partial charge in [-0.3, -0.25) is 9.62 Å². The maximum Gasteiger partial charge on any atom is 0.322 e. The fraction of sp³-hybridized carbons (Fsp3) is 0.387. The number of rotatable bonds is 12. The molecule has 0 aliphatic carbocycles. The average Bonchev–Trinajstić information content (AvgIpc) is 2.95. The van der Waals surface area contributed by atoms with Crippen molar-refractivity contribution in [2.75, 3.05) is 43.0 Å². The lowest BCUT2D eigenvalue weighted by Crippen LogP contribution is -2.49. The van der Waals surface area contributed by atoms with Gasteiger partial charge in [-0.1, -0.05) is 31.5 Å². The summed E-state index contributed by atoms with van der Waals surface area (Å²) in [6.07, 6.45) is 4.99. The molecule has 0 atom stereocenters. The van der Waals surface area contributed by atoms with Gasteiger partial charge in [-0.15, -0.1) is 0 Å². The zero-order valence-corrected chi connectivity index (χ0v) is 24.8. The molecule has 0 unspecified atom stereocenters. The number of nitrogens with zero attached hydrogens (tertiary/aromatic N) is 2. The molecule has 4 rings (SSSR count). The number of unbranched alkanes of at least 4 members (excludes halogenated alkanes) is 1. The van der Waals surface area contributed by atoms with Crippen LogP contribution in [0.1, 0.15) is 38.2 Å². The van der Waals surface area contributed by atoms with Crippen LogP contribution in [0.2, 0.25) is 0 Å². The van der Waals surface area contributed by atoms with Crippen LogP contribution in [0.15, 0.2) is 72.8 Å².